The minimum Gasteiger partial charge on any atom is -0.481 e. The molecule has 1 rings (SSSR count). The van der Waals surface area contributed by atoms with E-state index in [4.69, 9.17) is 0 Å². The van der Waals surface area contributed by atoms with Crippen LogP contribution in [0.4, 0.5) is 4.79 Å². The van der Waals surface area contributed by atoms with E-state index in [2.05, 4.69) is 0 Å². The van der Waals surface area contributed by atoms with Crippen LogP contribution >= 0.6 is 11.8 Å². The molecule has 1 N–H and O–H groups in total. The third-order valence-electron chi connectivity index (χ3n) is 4.06. The second-order valence-electron chi connectivity index (χ2n) is 5.48. The molecule has 2 amide bonds. The number of carbonyl (C=O) groups excluding carboxylic acids is 1. The lowest BCUT2D eigenvalue weighted by atomic mass is 9.76. The first kappa shape index (κ1) is 16.1. The van der Waals surface area contributed by atoms with E-state index in [-0.39, 0.29) is 11.9 Å². The molecule has 1 unspecified atom stereocenters. The molecule has 0 aromatic heterocycles. The van der Waals surface area contributed by atoms with Gasteiger partial charge in [-0.05, 0) is 18.6 Å². The lowest BCUT2D eigenvalue weighted by Gasteiger charge is -2.30. The minimum atomic E-state index is -0.787. The first-order valence-corrected chi connectivity index (χ1v) is 7.97. The number of amides is 2. The minimum absolute atomic E-state index is 0.0271. The highest BCUT2D eigenvalue weighted by molar-refractivity contribution is 7.98. The predicted molar refractivity (Wildman–Crippen MR) is 77.5 cm³/mol. The van der Waals surface area contributed by atoms with Gasteiger partial charge in [-0.2, -0.15) is 11.8 Å². The van der Waals surface area contributed by atoms with Crippen molar-refractivity contribution >= 4 is 23.8 Å². The third-order valence-corrected chi connectivity index (χ3v) is 4.65. The summed E-state index contributed by atoms with van der Waals surface area (Å²) >= 11 is 1.69. The van der Waals surface area contributed by atoms with Gasteiger partial charge in [0.25, 0.3) is 0 Å². The molecule has 1 heterocycles. The number of rotatable bonds is 5. The van der Waals surface area contributed by atoms with Crippen molar-refractivity contribution in [1.29, 1.82) is 0 Å². The number of nitrogens with zero attached hydrogens (tertiary/aromatic N) is 2. The molecule has 1 aliphatic heterocycles. The van der Waals surface area contributed by atoms with Crippen LogP contribution in [0.25, 0.3) is 0 Å². The van der Waals surface area contributed by atoms with E-state index in [0.717, 1.165) is 5.75 Å². The van der Waals surface area contributed by atoms with Crippen molar-refractivity contribution < 1.29 is 14.7 Å². The molecule has 1 aliphatic rings. The zero-order chi connectivity index (χ0) is 14.6. The summed E-state index contributed by atoms with van der Waals surface area (Å²) in [6, 6.07) is -0.0576. The topological polar surface area (TPSA) is 60.9 Å². The van der Waals surface area contributed by atoms with E-state index in [1.54, 1.807) is 28.6 Å². The average Bonchev–Trinajstić information content (AvgIpc) is 2.81. The Kier molecular flexibility index (Phi) is 5.52. The highest BCUT2D eigenvalue weighted by Gasteiger charge is 2.48. The van der Waals surface area contributed by atoms with Crippen molar-refractivity contribution in [1.82, 2.24) is 9.80 Å². The maximum atomic E-state index is 12.2. The van der Waals surface area contributed by atoms with Gasteiger partial charge >= 0.3 is 12.0 Å². The van der Waals surface area contributed by atoms with E-state index in [1.807, 2.05) is 20.1 Å². The van der Waals surface area contributed by atoms with E-state index in [9.17, 15) is 14.7 Å². The Balaban J connectivity index is 2.69. The van der Waals surface area contributed by atoms with E-state index in [1.165, 1.54) is 0 Å². The third kappa shape index (κ3) is 3.35. The molecule has 0 aliphatic carbocycles. The van der Waals surface area contributed by atoms with Gasteiger partial charge in [0.2, 0.25) is 0 Å². The maximum Gasteiger partial charge on any atom is 0.319 e. The predicted octanol–water partition coefficient (Wildman–Crippen LogP) is 1.83. The smallest absolute Gasteiger partial charge is 0.319 e. The van der Waals surface area contributed by atoms with Crippen LogP contribution in [-0.4, -0.2) is 65.6 Å². The fourth-order valence-corrected chi connectivity index (χ4v) is 2.91. The molecule has 0 aromatic carbocycles. The van der Waals surface area contributed by atoms with Crippen LogP contribution in [0.15, 0.2) is 0 Å². The molecule has 0 spiro atoms. The summed E-state index contributed by atoms with van der Waals surface area (Å²) in [6.07, 6.45) is 2.55. The quantitative estimate of drug-likeness (QED) is 0.838. The molecule has 1 saturated heterocycles. The fourth-order valence-electron chi connectivity index (χ4n) is 2.45. The lowest BCUT2D eigenvalue weighted by molar-refractivity contribution is -0.150. The molecule has 0 aromatic rings. The summed E-state index contributed by atoms with van der Waals surface area (Å²) in [6.45, 7) is 5.38. The summed E-state index contributed by atoms with van der Waals surface area (Å²) in [5, 5.41) is 9.46. The molecule has 19 heavy (non-hydrogen) atoms. The molecule has 1 atom stereocenters. The monoisotopic (exact) mass is 288 g/mol. The van der Waals surface area contributed by atoms with Gasteiger partial charge in [-0.3, -0.25) is 4.79 Å². The number of likely N-dealkylation sites (tertiary alicyclic amines) is 1. The number of urea groups is 1. The van der Waals surface area contributed by atoms with Crippen LogP contribution < -0.4 is 0 Å². The van der Waals surface area contributed by atoms with Gasteiger partial charge in [-0.1, -0.05) is 13.8 Å². The molecule has 5 nitrogen and oxygen atoms in total. The summed E-state index contributed by atoms with van der Waals surface area (Å²) in [4.78, 5) is 27.1. The zero-order valence-electron chi connectivity index (χ0n) is 12.2. The van der Waals surface area contributed by atoms with Gasteiger partial charge in [-0.25, -0.2) is 4.79 Å². The van der Waals surface area contributed by atoms with Gasteiger partial charge < -0.3 is 14.9 Å². The molecule has 110 valence electrons. The number of thioether (sulfide) groups is 1. The molecule has 0 saturated carbocycles. The summed E-state index contributed by atoms with van der Waals surface area (Å²) in [7, 11) is 1.77. The van der Waals surface area contributed by atoms with E-state index >= 15 is 0 Å². The van der Waals surface area contributed by atoms with Crippen molar-refractivity contribution in [3.8, 4) is 0 Å². The molecule has 0 bridgehead atoms. The molecular formula is C13H24N2O3S. The lowest BCUT2D eigenvalue weighted by Crippen LogP contribution is -2.44. The molecule has 1 fully saturated rings. The summed E-state index contributed by atoms with van der Waals surface area (Å²) < 4.78 is 0. The van der Waals surface area contributed by atoms with Gasteiger partial charge in [0.1, 0.15) is 0 Å². The Bertz CT molecular complexity index is 349. The van der Waals surface area contributed by atoms with Crippen LogP contribution in [0.1, 0.15) is 20.3 Å². The van der Waals surface area contributed by atoms with Gasteiger partial charge in [0.05, 0.1) is 5.41 Å². The SMILES string of the molecule is CSCCN(C)C(=O)N1CCC(C(=O)O)(C(C)C)C1. The largest absolute Gasteiger partial charge is 0.481 e. The van der Waals surface area contributed by atoms with Gasteiger partial charge in [-0.15, -0.1) is 0 Å². The number of hydrogen-bond donors (Lipinski definition) is 1. The molecule has 6 heteroatoms. The normalized spacial score (nSPS) is 22.9. The Morgan fingerprint density at radius 3 is 2.53 bits per heavy atom. The van der Waals surface area contributed by atoms with Gasteiger partial charge in [0, 0.05) is 32.4 Å². The summed E-state index contributed by atoms with van der Waals surface area (Å²) in [5.74, 6) is 0.133. The number of carboxylic acids is 1. The standard InChI is InChI=1S/C13H24N2O3S/c1-10(2)13(11(16)17)5-6-15(9-13)12(18)14(3)7-8-19-4/h10H,5-9H2,1-4H3,(H,16,17). The Labute approximate surface area is 119 Å². The Morgan fingerprint density at radius 1 is 1.47 bits per heavy atom. The second-order valence-corrected chi connectivity index (χ2v) is 6.47. The first-order valence-electron chi connectivity index (χ1n) is 6.57. The Hall–Kier alpha value is -0.910. The highest BCUT2D eigenvalue weighted by atomic mass is 32.2. The number of carbonyl (C=O) groups is 2. The highest BCUT2D eigenvalue weighted by Crippen LogP contribution is 2.38. The van der Waals surface area contributed by atoms with Crippen LogP contribution in [0.3, 0.4) is 0 Å². The number of aliphatic carboxylic acids is 1. The van der Waals surface area contributed by atoms with Crippen molar-refractivity contribution in [2.45, 2.75) is 20.3 Å². The van der Waals surface area contributed by atoms with Crippen molar-refractivity contribution in [3.63, 3.8) is 0 Å². The number of hydrogen-bond acceptors (Lipinski definition) is 3. The zero-order valence-corrected chi connectivity index (χ0v) is 13.0. The van der Waals surface area contributed by atoms with Crippen molar-refractivity contribution in [2.75, 3.05) is 38.7 Å². The first-order chi connectivity index (χ1) is 8.85. The fraction of sp³-hybridized carbons (Fsp3) is 0.846. The van der Waals surface area contributed by atoms with E-state index in [0.29, 0.717) is 26.1 Å². The molecule has 0 radical (unpaired) electrons. The second kappa shape index (κ2) is 6.50. The van der Waals surface area contributed by atoms with Gasteiger partial charge in [0.15, 0.2) is 0 Å². The van der Waals surface area contributed by atoms with Crippen LogP contribution in [0, 0.1) is 11.3 Å². The summed E-state index contributed by atoms with van der Waals surface area (Å²) in [5.41, 5.74) is -0.782. The van der Waals surface area contributed by atoms with Crippen LogP contribution in [-0.2, 0) is 4.79 Å². The Morgan fingerprint density at radius 2 is 2.11 bits per heavy atom. The molecular weight excluding hydrogens is 264 g/mol. The maximum absolute atomic E-state index is 12.2. The van der Waals surface area contributed by atoms with Crippen molar-refractivity contribution in [2.24, 2.45) is 11.3 Å². The van der Waals surface area contributed by atoms with Crippen LogP contribution in [0.2, 0.25) is 0 Å². The van der Waals surface area contributed by atoms with E-state index < -0.39 is 11.4 Å². The van der Waals surface area contributed by atoms with Crippen molar-refractivity contribution in [3.05, 3.63) is 0 Å². The van der Waals surface area contributed by atoms with Crippen LogP contribution in [0.5, 0.6) is 0 Å². The average molecular weight is 288 g/mol. The number of carboxylic acid groups (broad SMARTS) is 1.